The van der Waals surface area contributed by atoms with Crippen LogP contribution in [0.1, 0.15) is 35.8 Å². The van der Waals surface area contributed by atoms with Gasteiger partial charge in [0.2, 0.25) is 9.84 Å². The maximum atomic E-state index is 13.2. The van der Waals surface area contributed by atoms with Crippen LogP contribution in [0.5, 0.6) is 5.75 Å². The summed E-state index contributed by atoms with van der Waals surface area (Å²) >= 11 is 0. The molecule has 2 atom stereocenters. The van der Waals surface area contributed by atoms with E-state index in [0.717, 1.165) is 12.1 Å². The van der Waals surface area contributed by atoms with Crippen molar-refractivity contribution in [3.8, 4) is 5.75 Å². The molecule has 2 N–H and O–H groups in total. The van der Waals surface area contributed by atoms with Crippen molar-refractivity contribution >= 4 is 15.7 Å². The van der Waals surface area contributed by atoms with E-state index in [1.807, 2.05) is 0 Å². The predicted molar refractivity (Wildman–Crippen MR) is 116 cm³/mol. The number of hydrogen-bond donors (Lipinski definition) is 2. The van der Waals surface area contributed by atoms with Crippen LogP contribution in [0.15, 0.2) is 82.6 Å². The Hall–Kier alpha value is -3.23. The quantitative estimate of drug-likeness (QED) is 0.626. The van der Waals surface area contributed by atoms with Crippen LogP contribution >= 0.6 is 0 Å². The number of aliphatic hydroxyl groups excluding tert-OH is 1. The molecule has 1 aliphatic rings. The van der Waals surface area contributed by atoms with Gasteiger partial charge in [-0.05, 0) is 68.4 Å². The molecule has 0 saturated heterocycles. The number of carbonyl (C=O) groups is 1. The van der Waals surface area contributed by atoms with Gasteiger partial charge in [-0.15, -0.1) is 0 Å². The second-order valence-electron chi connectivity index (χ2n) is 8.12. The van der Waals surface area contributed by atoms with Crippen LogP contribution < -0.4 is 10.1 Å². The molecule has 0 bridgehead atoms. The molecule has 0 saturated carbocycles. The Kier molecular flexibility index (Phi) is 5.52. The lowest BCUT2D eigenvalue weighted by Gasteiger charge is -2.42. The summed E-state index contributed by atoms with van der Waals surface area (Å²) < 4.78 is 45.3. The van der Waals surface area contributed by atoms with Crippen LogP contribution in [0.4, 0.5) is 4.39 Å². The molecule has 0 fully saturated rings. The lowest BCUT2D eigenvalue weighted by atomic mass is 9.86. The third-order valence-corrected chi connectivity index (χ3v) is 7.24. The van der Waals surface area contributed by atoms with Crippen molar-refractivity contribution < 1.29 is 27.4 Å². The number of hydrogen-bond acceptors (Lipinski definition) is 5. The summed E-state index contributed by atoms with van der Waals surface area (Å²) in [5, 5.41) is 13.7. The van der Waals surface area contributed by atoms with Gasteiger partial charge in [-0.2, -0.15) is 0 Å². The van der Waals surface area contributed by atoms with Crippen molar-refractivity contribution in [2.45, 2.75) is 41.4 Å². The molecule has 0 unspecified atom stereocenters. The summed E-state index contributed by atoms with van der Waals surface area (Å²) in [5.41, 5.74) is -0.505. The first-order valence-electron chi connectivity index (χ1n) is 9.97. The maximum Gasteiger partial charge on any atom is 0.251 e. The summed E-state index contributed by atoms with van der Waals surface area (Å²) in [6, 6.07) is 16.4. The van der Waals surface area contributed by atoms with E-state index in [2.05, 4.69) is 5.32 Å². The topological polar surface area (TPSA) is 92.7 Å². The Morgan fingerprint density at radius 1 is 1.00 bits per heavy atom. The van der Waals surface area contributed by atoms with Crippen molar-refractivity contribution in [2.24, 2.45) is 0 Å². The first-order chi connectivity index (χ1) is 15.1. The van der Waals surface area contributed by atoms with Gasteiger partial charge in [0.25, 0.3) is 5.91 Å². The van der Waals surface area contributed by atoms with Gasteiger partial charge in [0.05, 0.1) is 15.8 Å². The minimum atomic E-state index is -3.82. The van der Waals surface area contributed by atoms with E-state index in [1.165, 1.54) is 42.5 Å². The molecule has 3 aromatic rings. The van der Waals surface area contributed by atoms with Crippen LogP contribution in [0.3, 0.4) is 0 Å². The predicted octanol–water partition coefficient (Wildman–Crippen LogP) is 3.66. The fourth-order valence-corrected chi connectivity index (χ4v) is 4.98. The molecule has 1 aliphatic heterocycles. The Balaban J connectivity index is 1.76. The van der Waals surface area contributed by atoms with Gasteiger partial charge in [0.1, 0.15) is 23.3 Å². The summed E-state index contributed by atoms with van der Waals surface area (Å²) in [4.78, 5) is 12.9. The third kappa shape index (κ3) is 3.99. The van der Waals surface area contributed by atoms with Crippen LogP contribution in [-0.2, 0) is 9.84 Å². The van der Waals surface area contributed by atoms with Gasteiger partial charge in [-0.25, -0.2) is 12.8 Å². The van der Waals surface area contributed by atoms with E-state index in [4.69, 9.17) is 4.74 Å². The molecule has 32 heavy (non-hydrogen) atoms. The molecule has 0 spiro atoms. The number of benzene rings is 3. The lowest BCUT2D eigenvalue weighted by Crippen LogP contribution is -2.53. The normalized spacial score (nSPS) is 19.5. The smallest absolute Gasteiger partial charge is 0.251 e. The van der Waals surface area contributed by atoms with E-state index in [-0.39, 0.29) is 15.4 Å². The Morgan fingerprint density at radius 2 is 1.66 bits per heavy atom. The summed E-state index contributed by atoms with van der Waals surface area (Å²) in [6.45, 7) is 3.35. The van der Waals surface area contributed by atoms with Crippen molar-refractivity contribution in [1.82, 2.24) is 5.32 Å². The highest BCUT2D eigenvalue weighted by molar-refractivity contribution is 7.91. The van der Waals surface area contributed by atoms with Crippen molar-refractivity contribution in [3.63, 3.8) is 0 Å². The van der Waals surface area contributed by atoms with Gasteiger partial charge in [-0.1, -0.05) is 18.2 Å². The van der Waals surface area contributed by atoms with E-state index in [0.29, 0.717) is 11.3 Å². The first-order valence-corrected chi connectivity index (χ1v) is 11.5. The highest BCUT2D eigenvalue weighted by atomic mass is 32.2. The number of ether oxygens (including phenoxy) is 1. The number of fused-ring (bicyclic) bond motifs is 1. The van der Waals surface area contributed by atoms with Crippen LogP contribution in [0.25, 0.3) is 0 Å². The highest BCUT2D eigenvalue weighted by Crippen LogP contribution is 2.41. The van der Waals surface area contributed by atoms with Crippen LogP contribution in [0, 0.1) is 5.82 Å². The molecular weight excluding hydrogens is 433 g/mol. The van der Waals surface area contributed by atoms with Crippen LogP contribution in [0.2, 0.25) is 0 Å². The molecule has 1 amide bonds. The molecule has 0 radical (unpaired) electrons. The number of sulfone groups is 1. The fraction of sp³-hybridized carbons (Fsp3) is 0.208. The second kappa shape index (κ2) is 8.03. The zero-order chi connectivity index (χ0) is 23.1. The summed E-state index contributed by atoms with van der Waals surface area (Å²) in [6.07, 6.45) is -1.17. The van der Waals surface area contributed by atoms with E-state index in [9.17, 15) is 22.7 Å². The maximum absolute atomic E-state index is 13.2. The molecule has 6 nitrogen and oxygen atoms in total. The number of amides is 1. The molecule has 166 valence electrons. The molecule has 0 aliphatic carbocycles. The number of carbonyl (C=O) groups excluding carboxylic acids is 1. The van der Waals surface area contributed by atoms with Crippen molar-refractivity contribution in [3.05, 3.63) is 89.7 Å². The minimum absolute atomic E-state index is 0.0130. The highest BCUT2D eigenvalue weighted by Gasteiger charge is 2.44. The fourth-order valence-electron chi connectivity index (χ4n) is 3.66. The average Bonchev–Trinajstić information content (AvgIpc) is 2.77. The average molecular weight is 456 g/mol. The summed E-state index contributed by atoms with van der Waals surface area (Å²) in [5.74, 6) is -0.652. The number of halogens is 1. The number of nitrogens with one attached hydrogen (secondary N) is 1. The molecular formula is C24H22FNO5S. The lowest BCUT2D eigenvalue weighted by molar-refractivity contribution is -0.0628. The molecule has 3 aromatic carbocycles. The van der Waals surface area contributed by atoms with E-state index < -0.39 is 39.3 Å². The van der Waals surface area contributed by atoms with Gasteiger partial charge in [0.15, 0.2) is 0 Å². The zero-order valence-corrected chi connectivity index (χ0v) is 18.3. The Bertz CT molecular complexity index is 1260. The van der Waals surface area contributed by atoms with Gasteiger partial charge < -0.3 is 15.2 Å². The minimum Gasteiger partial charge on any atom is -0.485 e. The molecule has 0 aromatic heterocycles. The van der Waals surface area contributed by atoms with Gasteiger partial charge in [0, 0.05) is 11.1 Å². The third-order valence-electron chi connectivity index (χ3n) is 5.47. The Morgan fingerprint density at radius 3 is 2.31 bits per heavy atom. The van der Waals surface area contributed by atoms with Gasteiger partial charge in [-0.3, -0.25) is 4.79 Å². The van der Waals surface area contributed by atoms with Gasteiger partial charge >= 0.3 is 0 Å². The molecule has 1 heterocycles. The Labute approximate surface area is 185 Å². The van der Waals surface area contributed by atoms with Crippen molar-refractivity contribution in [1.29, 1.82) is 0 Å². The number of aliphatic hydroxyl groups is 1. The largest absolute Gasteiger partial charge is 0.485 e. The summed E-state index contributed by atoms with van der Waals surface area (Å²) in [7, 11) is -3.82. The second-order valence-corrected chi connectivity index (χ2v) is 10.1. The van der Waals surface area contributed by atoms with Crippen molar-refractivity contribution in [2.75, 3.05) is 0 Å². The monoisotopic (exact) mass is 455 g/mol. The number of rotatable bonds is 4. The van der Waals surface area contributed by atoms with E-state index in [1.54, 1.807) is 32.0 Å². The standard InChI is InChI=1S/C24H22FNO5S/c1-24(2)22(27)21(26-23(28)15-8-10-16(25)11-9-15)19-14-18(12-13-20(19)31-24)32(29,30)17-6-4-3-5-7-17/h3-14,21-22,27H,1-2H3,(H,26,28)/t21-,22+/m0/s1. The SMILES string of the molecule is CC1(C)Oc2ccc(S(=O)(=O)c3ccccc3)cc2[C@H](NC(=O)c2ccc(F)cc2)[C@H]1O. The van der Waals surface area contributed by atoms with Crippen LogP contribution in [-0.4, -0.2) is 31.1 Å². The molecule has 4 rings (SSSR count). The zero-order valence-electron chi connectivity index (χ0n) is 17.4. The van der Waals surface area contributed by atoms with E-state index >= 15 is 0 Å². The molecule has 8 heteroatoms. The first kappa shape index (κ1) is 22.0.